The van der Waals surface area contributed by atoms with Gasteiger partial charge in [0.1, 0.15) is 0 Å². The van der Waals surface area contributed by atoms with E-state index in [2.05, 4.69) is 20.8 Å². The summed E-state index contributed by atoms with van der Waals surface area (Å²) in [5, 5.41) is 9.49. The van der Waals surface area contributed by atoms with Gasteiger partial charge in [-0.15, -0.1) is 0 Å². The fourth-order valence-corrected chi connectivity index (χ4v) is 3.24. The molecule has 1 aromatic carbocycles. The van der Waals surface area contributed by atoms with Crippen molar-refractivity contribution in [1.29, 1.82) is 0 Å². The van der Waals surface area contributed by atoms with Crippen molar-refractivity contribution < 1.29 is 9.90 Å². The molecular formula is C16H21BrN2O2. The number of hydrogen-bond donors (Lipinski definition) is 1. The van der Waals surface area contributed by atoms with Crippen molar-refractivity contribution in [3.8, 4) is 0 Å². The number of rotatable bonds is 5. The van der Waals surface area contributed by atoms with E-state index in [0.717, 1.165) is 29.7 Å². The van der Waals surface area contributed by atoms with E-state index >= 15 is 0 Å². The van der Waals surface area contributed by atoms with Gasteiger partial charge in [0.25, 0.3) is 5.91 Å². The molecule has 114 valence electrons. The Morgan fingerprint density at radius 2 is 2.00 bits per heavy atom. The van der Waals surface area contributed by atoms with Crippen LogP contribution in [-0.4, -0.2) is 59.6 Å². The highest BCUT2D eigenvalue weighted by Crippen LogP contribution is 2.37. The molecule has 1 heterocycles. The van der Waals surface area contributed by atoms with Crippen LogP contribution in [0.15, 0.2) is 28.7 Å². The fraction of sp³-hybridized carbons (Fsp3) is 0.562. The standard InChI is InChI=1S/C16H21BrN2O2/c1-18(16(21)12-4-6-13(17)7-5-12)10-15(11-2-3-11)19-8-14(20)9-19/h4-7,11,14-15,20H,2-3,8-10H2,1H3. The Labute approximate surface area is 133 Å². The molecule has 1 saturated carbocycles. The Morgan fingerprint density at radius 3 is 2.52 bits per heavy atom. The molecule has 1 aliphatic heterocycles. The molecule has 0 bridgehead atoms. The summed E-state index contributed by atoms with van der Waals surface area (Å²) in [6.45, 7) is 2.25. The van der Waals surface area contributed by atoms with Gasteiger partial charge in [-0.3, -0.25) is 9.69 Å². The number of carbonyl (C=O) groups excluding carboxylic acids is 1. The zero-order chi connectivity index (χ0) is 15.0. The van der Waals surface area contributed by atoms with E-state index in [9.17, 15) is 9.90 Å². The van der Waals surface area contributed by atoms with Crippen molar-refractivity contribution in [1.82, 2.24) is 9.80 Å². The Balaban J connectivity index is 1.62. The lowest BCUT2D eigenvalue weighted by Crippen LogP contribution is -2.59. The van der Waals surface area contributed by atoms with E-state index in [-0.39, 0.29) is 12.0 Å². The molecule has 21 heavy (non-hydrogen) atoms. The molecule has 3 rings (SSSR count). The molecule has 5 heteroatoms. The second-order valence-electron chi connectivity index (χ2n) is 6.21. The van der Waals surface area contributed by atoms with Crippen molar-refractivity contribution >= 4 is 21.8 Å². The minimum atomic E-state index is -0.182. The van der Waals surface area contributed by atoms with Gasteiger partial charge in [0.15, 0.2) is 0 Å². The molecule has 2 fully saturated rings. The van der Waals surface area contributed by atoms with Crippen LogP contribution < -0.4 is 0 Å². The average Bonchev–Trinajstić information content (AvgIpc) is 3.26. The number of nitrogens with zero attached hydrogens (tertiary/aromatic N) is 2. The number of halogens is 1. The van der Waals surface area contributed by atoms with Crippen LogP contribution in [0.2, 0.25) is 0 Å². The van der Waals surface area contributed by atoms with Gasteiger partial charge in [-0.1, -0.05) is 15.9 Å². The lowest BCUT2D eigenvalue weighted by molar-refractivity contribution is -0.0354. The number of aliphatic hydroxyl groups is 1. The van der Waals surface area contributed by atoms with Crippen molar-refractivity contribution in [2.75, 3.05) is 26.7 Å². The van der Waals surface area contributed by atoms with Crippen LogP contribution in [0.5, 0.6) is 0 Å². The first kappa shape index (κ1) is 15.0. The Kier molecular flexibility index (Phi) is 4.33. The zero-order valence-corrected chi connectivity index (χ0v) is 13.8. The van der Waals surface area contributed by atoms with Crippen LogP contribution >= 0.6 is 15.9 Å². The van der Waals surface area contributed by atoms with E-state index in [1.807, 2.05) is 36.2 Å². The Hall–Kier alpha value is -0.910. The highest BCUT2D eigenvalue weighted by Gasteiger charge is 2.41. The summed E-state index contributed by atoms with van der Waals surface area (Å²) in [6, 6.07) is 7.89. The third-order valence-electron chi connectivity index (χ3n) is 4.42. The number of β-amino-alcohol motifs (C(OH)–C–C–N with tert-alkyl or cyclic N) is 1. The summed E-state index contributed by atoms with van der Waals surface area (Å²) < 4.78 is 0.979. The average molecular weight is 353 g/mol. The van der Waals surface area contributed by atoms with Crippen LogP contribution in [0.4, 0.5) is 0 Å². The maximum absolute atomic E-state index is 12.5. The quantitative estimate of drug-likeness (QED) is 0.880. The van der Waals surface area contributed by atoms with Crippen molar-refractivity contribution in [2.24, 2.45) is 5.92 Å². The largest absolute Gasteiger partial charge is 0.390 e. The molecule has 0 spiro atoms. The molecular weight excluding hydrogens is 332 g/mol. The number of aliphatic hydroxyl groups excluding tert-OH is 1. The van der Waals surface area contributed by atoms with Gasteiger partial charge >= 0.3 is 0 Å². The highest BCUT2D eigenvalue weighted by atomic mass is 79.9. The topological polar surface area (TPSA) is 43.8 Å². The first-order valence-corrected chi connectivity index (χ1v) is 8.27. The van der Waals surface area contributed by atoms with E-state index < -0.39 is 0 Å². The number of likely N-dealkylation sites (tertiary alicyclic amines) is 1. The maximum atomic E-state index is 12.5. The van der Waals surface area contributed by atoms with Crippen LogP contribution in [-0.2, 0) is 0 Å². The first-order chi connectivity index (χ1) is 10.0. The fourth-order valence-electron chi connectivity index (χ4n) is 2.98. The second-order valence-corrected chi connectivity index (χ2v) is 7.12. The summed E-state index contributed by atoms with van der Waals surface area (Å²) in [5.41, 5.74) is 0.721. The predicted molar refractivity (Wildman–Crippen MR) is 85.2 cm³/mol. The van der Waals surface area contributed by atoms with Gasteiger partial charge in [-0.25, -0.2) is 0 Å². The molecule has 1 unspecified atom stereocenters. The van der Waals surface area contributed by atoms with Gasteiger partial charge in [-0.2, -0.15) is 0 Å². The molecule has 1 aromatic rings. The lowest BCUT2D eigenvalue weighted by Gasteiger charge is -2.43. The van der Waals surface area contributed by atoms with E-state index in [1.54, 1.807) is 0 Å². The minimum absolute atomic E-state index is 0.0641. The molecule has 1 atom stereocenters. The van der Waals surface area contributed by atoms with Gasteiger partial charge in [0.05, 0.1) is 6.10 Å². The molecule has 0 radical (unpaired) electrons. The van der Waals surface area contributed by atoms with Gasteiger partial charge in [0, 0.05) is 42.8 Å². The summed E-state index contributed by atoms with van der Waals surface area (Å²) in [5.74, 6) is 0.756. The minimum Gasteiger partial charge on any atom is -0.390 e. The number of amides is 1. The highest BCUT2D eigenvalue weighted by molar-refractivity contribution is 9.10. The van der Waals surface area contributed by atoms with Crippen molar-refractivity contribution in [3.63, 3.8) is 0 Å². The van der Waals surface area contributed by atoms with E-state index in [0.29, 0.717) is 12.0 Å². The van der Waals surface area contributed by atoms with Crippen LogP contribution in [0.25, 0.3) is 0 Å². The van der Waals surface area contributed by atoms with Gasteiger partial charge in [-0.05, 0) is 43.0 Å². The zero-order valence-electron chi connectivity index (χ0n) is 12.2. The van der Waals surface area contributed by atoms with Gasteiger partial charge in [0.2, 0.25) is 0 Å². The maximum Gasteiger partial charge on any atom is 0.253 e. The lowest BCUT2D eigenvalue weighted by atomic mass is 10.0. The third kappa shape index (κ3) is 3.47. The number of likely N-dealkylation sites (N-methyl/N-ethyl adjacent to an activating group) is 1. The molecule has 1 saturated heterocycles. The molecule has 1 amide bonds. The predicted octanol–water partition coefficient (Wildman–Crippen LogP) is 1.98. The van der Waals surface area contributed by atoms with Gasteiger partial charge < -0.3 is 10.0 Å². The molecule has 4 nitrogen and oxygen atoms in total. The first-order valence-electron chi connectivity index (χ1n) is 7.47. The molecule has 1 aliphatic carbocycles. The Morgan fingerprint density at radius 1 is 1.38 bits per heavy atom. The Bertz CT molecular complexity index is 510. The van der Waals surface area contributed by atoms with Crippen molar-refractivity contribution in [2.45, 2.75) is 25.0 Å². The summed E-state index contributed by atoms with van der Waals surface area (Å²) in [4.78, 5) is 16.6. The third-order valence-corrected chi connectivity index (χ3v) is 4.95. The monoisotopic (exact) mass is 352 g/mol. The van der Waals surface area contributed by atoms with Crippen LogP contribution in [0, 0.1) is 5.92 Å². The van der Waals surface area contributed by atoms with E-state index in [1.165, 1.54) is 12.8 Å². The number of hydrogen-bond acceptors (Lipinski definition) is 3. The second kappa shape index (κ2) is 6.07. The summed E-state index contributed by atoms with van der Waals surface area (Å²) >= 11 is 3.39. The molecule has 1 N–H and O–H groups in total. The number of carbonyl (C=O) groups is 1. The SMILES string of the molecule is CN(CC(C1CC1)N1CC(O)C1)C(=O)c1ccc(Br)cc1. The van der Waals surface area contributed by atoms with Crippen LogP contribution in [0.3, 0.4) is 0 Å². The summed E-state index contributed by atoms with van der Waals surface area (Å²) in [7, 11) is 1.87. The molecule has 2 aliphatic rings. The summed E-state index contributed by atoms with van der Waals surface area (Å²) in [6.07, 6.45) is 2.31. The number of benzene rings is 1. The normalized spacial score (nSPS) is 20.9. The van der Waals surface area contributed by atoms with Crippen molar-refractivity contribution in [3.05, 3.63) is 34.3 Å². The van der Waals surface area contributed by atoms with Crippen LogP contribution in [0.1, 0.15) is 23.2 Å². The molecule has 0 aromatic heterocycles. The smallest absolute Gasteiger partial charge is 0.253 e. The van der Waals surface area contributed by atoms with E-state index in [4.69, 9.17) is 0 Å².